The maximum Gasteiger partial charge on any atom is 0.331 e. The number of ether oxygens (including phenoxy) is 1. The number of nitrogens with one attached hydrogen (secondary N) is 1. The molecule has 2 aromatic carbocycles. The summed E-state index contributed by atoms with van der Waals surface area (Å²) in [6.45, 7) is 1.37. The summed E-state index contributed by atoms with van der Waals surface area (Å²) in [6.07, 6.45) is 2.75. The van der Waals surface area contributed by atoms with Crippen LogP contribution in [-0.2, 0) is 14.3 Å². The first-order valence-corrected chi connectivity index (χ1v) is 7.10. The number of benzene rings is 2. The summed E-state index contributed by atoms with van der Waals surface area (Å²) in [4.78, 5) is 23.1. The molecule has 2 aromatic rings. The van der Waals surface area contributed by atoms with Crippen LogP contribution in [0.4, 0.5) is 14.5 Å². The van der Waals surface area contributed by atoms with Crippen LogP contribution < -0.4 is 5.32 Å². The van der Waals surface area contributed by atoms with Crippen LogP contribution in [0.15, 0.2) is 48.5 Å². The van der Waals surface area contributed by atoms with Crippen molar-refractivity contribution in [1.29, 1.82) is 0 Å². The van der Waals surface area contributed by atoms with Gasteiger partial charge >= 0.3 is 5.97 Å². The van der Waals surface area contributed by atoms with Gasteiger partial charge in [-0.3, -0.25) is 4.79 Å². The number of carbonyl (C=O) groups excluding carboxylic acids is 2. The summed E-state index contributed by atoms with van der Waals surface area (Å²) in [7, 11) is 0. The zero-order valence-electron chi connectivity index (χ0n) is 12.9. The summed E-state index contributed by atoms with van der Waals surface area (Å²) in [5.41, 5.74) is 1.72. The summed E-state index contributed by atoms with van der Waals surface area (Å²) >= 11 is 0. The maximum atomic E-state index is 13.4. The molecule has 0 heterocycles. The average molecular weight is 331 g/mol. The van der Waals surface area contributed by atoms with Gasteiger partial charge in [-0.1, -0.05) is 29.8 Å². The topological polar surface area (TPSA) is 55.4 Å². The van der Waals surface area contributed by atoms with Crippen molar-refractivity contribution >= 4 is 23.6 Å². The van der Waals surface area contributed by atoms with Crippen LogP contribution in [-0.4, -0.2) is 18.5 Å². The average Bonchev–Trinajstić information content (AvgIpc) is 2.55. The molecule has 0 bridgehead atoms. The van der Waals surface area contributed by atoms with E-state index >= 15 is 0 Å². The molecule has 0 aliphatic heterocycles. The molecular formula is C18H15F2NO3. The van der Waals surface area contributed by atoms with E-state index in [2.05, 4.69) is 5.32 Å². The van der Waals surface area contributed by atoms with Crippen molar-refractivity contribution in [2.75, 3.05) is 11.9 Å². The largest absolute Gasteiger partial charge is 0.452 e. The Morgan fingerprint density at radius 2 is 1.83 bits per heavy atom. The third-order valence-electron chi connectivity index (χ3n) is 3.04. The number of hydrogen-bond acceptors (Lipinski definition) is 3. The molecule has 24 heavy (non-hydrogen) atoms. The molecule has 2 rings (SSSR count). The van der Waals surface area contributed by atoms with Gasteiger partial charge in [0, 0.05) is 12.1 Å². The molecule has 0 saturated heterocycles. The molecule has 0 radical (unpaired) electrons. The lowest BCUT2D eigenvalue weighted by molar-refractivity contribution is -0.142. The van der Waals surface area contributed by atoms with Crippen molar-refractivity contribution in [3.8, 4) is 0 Å². The Morgan fingerprint density at radius 1 is 1.12 bits per heavy atom. The molecule has 0 aliphatic rings. The number of halogens is 2. The predicted molar refractivity (Wildman–Crippen MR) is 86.2 cm³/mol. The number of hydrogen-bond donors (Lipinski definition) is 1. The Kier molecular flexibility index (Phi) is 5.78. The van der Waals surface area contributed by atoms with E-state index in [-0.39, 0.29) is 5.69 Å². The standard InChI is InChI=1S/C18H15F2NO3/c1-12-2-4-13(5-3-12)6-9-18(23)24-11-17(22)21-16-8-7-14(19)10-15(16)20/h2-10H,11H2,1H3,(H,21,22)/b9-6+. The second kappa shape index (κ2) is 8.01. The van der Waals surface area contributed by atoms with E-state index in [1.807, 2.05) is 31.2 Å². The number of aryl methyl sites for hydroxylation is 1. The van der Waals surface area contributed by atoms with E-state index in [9.17, 15) is 18.4 Å². The fourth-order valence-electron chi connectivity index (χ4n) is 1.80. The van der Waals surface area contributed by atoms with Crippen LogP contribution >= 0.6 is 0 Å². The van der Waals surface area contributed by atoms with Gasteiger partial charge in [0.2, 0.25) is 0 Å². The molecule has 124 valence electrons. The molecule has 1 amide bonds. The predicted octanol–water partition coefficient (Wildman–Crippen LogP) is 3.47. The second-order valence-electron chi connectivity index (χ2n) is 5.02. The molecular weight excluding hydrogens is 316 g/mol. The van der Waals surface area contributed by atoms with Gasteiger partial charge in [-0.05, 0) is 30.7 Å². The van der Waals surface area contributed by atoms with Crippen LogP contribution in [0.1, 0.15) is 11.1 Å². The van der Waals surface area contributed by atoms with Crippen molar-refractivity contribution in [2.24, 2.45) is 0 Å². The summed E-state index contributed by atoms with van der Waals surface area (Å²) in [6, 6.07) is 10.2. The Bertz CT molecular complexity index is 770. The maximum absolute atomic E-state index is 13.4. The minimum Gasteiger partial charge on any atom is -0.452 e. The number of amides is 1. The van der Waals surface area contributed by atoms with Crippen molar-refractivity contribution in [2.45, 2.75) is 6.92 Å². The Hall–Kier alpha value is -3.02. The van der Waals surface area contributed by atoms with Crippen molar-refractivity contribution in [1.82, 2.24) is 0 Å². The lowest BCUT2D eigenvalue weighted by Crippen LogP contribution is -2.20. The highest BCUT2D eigenvalue weighted by molar-refractivity contribution is 5.94. The third-order valence-corrected chi connectivity index (χ3v) is 3.04. The van der Waals surface area contributed by atoms with Crippen LogP contribution in [0.25, 0.3) is 6.08 Å². The van der Waals surface area contributed by atoms with E-state index in [4.69, 9.17) is 4.74 Å². The number of carbonyl (C=O) groups is 2. The van der Waals surface area contributed by atoms with Gasteiger partial charge in [0.05, 0.1) is 5.69 Å². The van der Waals surface area contributed by atoms with Crippen molar-refractivity contribution in [3.63, 3.8) is 0 Å². The van der Waals surface area contributed by atoms with Gasteiger partial charge in [0.25, 0.3) is 5.91 Å². The van der Waals surface area contributed by atoms with Gasteiger partial charge in [0.15, 0.2) is 6.61 Å². The van der Waals surface area contributed by atoms with E-state index in [1.165, 1.54) is 6.08 Å². The first kappa shape index (κ1) is 17.3. The summed E-state index contributed by atoms with van der Waals surface area (Å²) in [5.74, 6) is -3.09. The Morgan fingerprint density at radius 3 is 2.50 bits per heavy atom. The third kappa shape index (κ3) is 5.31. The van der Waals surface area contributed by atoms with Crippen LogP contribution in [0.5, 0.6) is 0 Å². The first-order chi connectivity index (χ1) is 11.4. The molecule has 6 heteroatoms. The Balaban J connectivity index is 1.82. The smallest absolute Gasteiger partial charge is 0.331 e. The van der Waals surface area contributed by atoms with Crippen LogP contribution in [0.2, 0.25) is 0 Å². The van der Waals surface area contributed by atoms with Crippen LogP contribution in [0, 0.1) is 18.6 Å². The summed E-state index contributed by atoms with van der Waals surface area (Å²) in [5, 5.41) is 2.19. The molecule has 0 spiro atoms. The Labute approximate surface area is 137 Å². The van der Waals surface area contributed by atoms with E-state index < -0.39 is 30.1 Å². The lowest BCUT2D eigenvalue weighted by atomic mass is 10.1. The van der Waals surface area contributed by atoms with Gasteiger partial charge in [-0.25, -0.2) is 13.6 Å². The highest BCUT2D eigenvalue weighted by atomic mass is 19.1. The molecule has 0 atom stereocenters. The number of esters is 1. The molecule has 4 nitrogen and oxygen atoms in total. The second-order valence-corrected chi connectivity index (χ2v) is 5.02. The first-order valence-electron chi connectivity index (χ1n) is 7.10. The number of rotatable bonds is 5. The van der Waals surface area contributed by atoms with Gasteiger partial charge < -0.3 is 10.1 Å². The van der Waals surface area contributed by atoms with E-state index in [0.717, 1.165) is 23.3 Å². The van der Waals surface area contributed by atoms with Crippen LogP contribution in [0.3, 0.4) is 0 Å². The van der Waals surface area contributed by atoms with Gasteiger partial charge in [-0.15, -0.1) is 0 Å². The molecule has 0 saturated carbocycles. The molecule has 0 unspecified atom stereocenters. The van der Waals surface area contributed by atoms with Crippen molar-refractivity contribution < 1.29 is 23.1 Å². The SMILES string of the molecule is Cc1ccc(/C=C/C(=O)OCC(=O)Nc2ccc(F)cc2F)cc1. The minimum absolute atomic E-state index is 0.187. The van der Waals surface area contributed by atoms with E-state index in [0.29, 0.717) is 6.07 Å². The number of anilines is 1. The fourth-order valence-corrected chi connectivity index (χ4v) is 1.80. The summed E-state index contributed by atoms with van der Waals surface area (Å²) < 4.78 is 30.9. The zero-order valence-corrected chi connectivity index (χ0v) is 12.9. The molecule has 0 aromatic heterocycles. The highest BCUT2D eigenvalue weighted by Crippen LogP contribution is 2.14. The quantitative estimate of drug-likeness (QED) is 0.674. The molecule has 0 aliphatic carbocycles. The normalized spacial score (nSPS) is 10.6. The monoisotopic (exact) mass is 331 g/mol. The zero-order chi connectivity index (χ0) is 17.5. The van der Waals surface area contributed by atoms with Gasteiger partial charge in [0.1, 0.15) is 11.6 Å². The highest BCUT2D eigenvalue weighted by Gasteiger charge is 2.09. The van der Waals surface area contributed by atoms with E-state index in [1.54, 1.807) is 6.08 Å². The van der Waals surface area contributed by atoms with Crippen molar-refractivity contribution in [3.05, 3.63) is 71.3 Å². The van der Waals surface area contributed by atoms with Gasteiger partial charge in [-0.2, -0.15) is 0 Å². The lowest BCUT2D eigenvalue weighted by Gasteiger charge is -2.06. The molecule has 0 fully saturated rings. The fraction of sp³-hybridized carbons (Fsp3) is 0.111. The molecule has 1 N–H and O–H groups in total. The minimum atomic E-state index is -0.908.